The molecule has 0 amide bonds. The van der Waals surface area contributed by atoms with Gasteiger partial charge in [0.25, 0.3) is 0 Å². The van der Waals surface area contributed by atoms with Crippen LogP contribution in [0.3, 0.4) is 0 Å². The Morgan fingerprint density at radius 2 is 2.05 bits per heavy atom. The summed E-state index contributed by atoms with van der Waals surface area (Å²) < 4.78 is 40.2. The van der Waals surface area contributed by atoms with Crippen LogP contribution in [0.25, 0.3) is 0 Å². The van der Waals surface area contributed by atoms with Crippen molar-refractivity contribution in [1.82, 2.24) is 9.62 Å². The van der Waals surface area contributed by atoms with E-state index < -0.39 is 22.4 Å². The molecule has 1 aromatic rings. The summed E-state index contributed by atoms with van der Waals surface area (Å²) in [6.07, 6.45) is 0. The molecule has 0 aliphatic rings. The first-order chi connectivity index (χ1) is 9.69. The highest BCUT2D eigenvalue weighted by Gasteiger charge is 2.18. The number of hydrogen-bond acceptors (Lipinski definition) is 4. The number of nitrogens with zero attached hydrogens (tertiary/aromatic N) is 1. The zero-order valence-corrected chi connectivity index (χ0v) is 13.8. The zero-order chi connectivity index (χ0) is 16.2. The molecular weight excluding hydrogens is 319 g/mol. The second-order valence-corrected chi connectivity index (χ2v) is 7.15. The van der Waals surface area contributed by atoms with Crippen LogP contribution in [-0.4, -0.2) is 44.6 Å². The molecule has 0 saturated carbocycles. The van der Waals surface area contributed by atoms with E-state index in [2.05, 4.69) is 4.72 Å². The molecule has 1 aromatic carbocycles. The van der Waals surface area contributed by atoms with E-state index in [9.17, 15) is 12.8 Å². The van der Waals surface area contributed by atoms with Gasteiger partial charge in [-0.05, 0) is 33.0 Å². The molecule has 2 N–H and O–H groups in total. The average Bonchev–Trinajstić information content (AvgIpc) is 2.41. The maximum absolute atomic E-state index is 13.6. The molecule has 120 valence electrons. The molecule has 0 aliphatic carbocycles. The van der Waals surface area contributed by atoms with Gasteiger partial charge in [-0.15, -0.1) is 0 Å². The number of nitrogens with one attached hydrogen (secondary N) is 1. The van der Waals surface area contributed by atoms with Gasteiger partial charge in [0.15, 0.2) is 0 Å². The first-order valence-electron chi connectivity index (χ1n) is 6.47. The highest BCUT2D eigenvalue weighted by atomic mass is 35.5. The number of aliphatic hydroxyl groups excluding tert-OH is 1. The van der Waals surface area contributed by atoms with E-state index in [1.807, 2.05) is 25.8 Å². The fourth-order valence-corrected chi connectivity index (χ4v) is 2.84. The topological polar surface area (TPSA) is 69.6 Å². The summed E-state index contributed by atoms with van der Waals surface area (Å²) in [6, 6.07) is 2.30. The molecule has 0 fully saturated rings. The number of hydrogen-bond donors (Lipinski definition) is 2. The number of benzene rings is 1. The van der Waals surface area contributed by atoms with Crippen LogP contribution in [0.5, 0.6) is 0 Å². The lowest BCUT2D eigenvalue weighted by Crippen LogP contribution is -2.36. The van der Waals surface area contributed by atoms with Crippen LogP contribution in [0, 0.1) is 5.82 Å². The summed E-state index contributed by atoms with van der Waals surface area (Å²) in [6.45, 7) is 4.19. The largest absolute Gasteiger partial charge is 0.392 e. The SMILES string of the molecule is CC(C)N(C)CCNS(=O)(=O)c1cc(F)c(Cl)c(CO)c1. The predicted octanol–water partition coefficient (Wildman–Crippen LogP) is 1.59. The third kappa shape index (κ3) is 4.89. The Labute approximate surface area is 129 Å². The Morgan fingerprint density at radius 3 is 2.57 bits per heavy atom. The quantitative estimate of drug-likeness (QED) is 0.792. The monoisotopic (exact) mass is 338 g/mol. The van der Waals surface area contributed by atoms with E-state index in [0.29, 0.717) is 12.6 Å². The maximum atomic E-state index is 13.6. The van der Waals surface area contributed by atoms with Crippen molar-refractivity contribution >= 4 is 21.6 Å². The van der Waals surface area contributed by atoms with Crippen molar-refractivity contribution in [2.45, 2.75) is 31.4 Å². The molecule has 8 heteroatoms. The molecule has 0 heterocycles. The third-order valence-electron chi connectivity index (χ3n) is 3.20. The normalized spacial score (nSPS) is 12.4. The van der Waals surface area contributed by atoms with E-state index in [1.54, 1.807) is 0 Å². The second-order valence-electron chi connectivity index (χ2n) is 5.01. The Bertz CT molecular complexity index is 593. The van der Waals surface area contributed by atoms with Crippen LogP contribution in [0.1, 0.15) is 19.4 Å². The molecule has 0 aliphatic heterocycles. The molecule has 0 saturated heterocycles. The summed E-state index contributed by atoms with van der Waals surface area (Å²) in [4.78, 5) is 1.73. The lowest BCUT2D eigenvalue weighted by Gasteiger charge is -2.21. The molecule has 0 bridgehead atoms. The molecule has 1 rings (SSSR count). The van der Waals surface area contributed by atoms with Gasteiger partial charge >= 0.3 is 0 Å². The van der Waals surface area contributed by atoms with Gasteiger partial charge in [0.05, 0.1) is 16.5 Å². The van der Waals surface area contributed by atoms with Gasteiger partial charge in [-0.3, -0.25) is 0 Å². The standard InChI is InChI=1S/C13H20ClFN2O3S/c1-9(2)17(3)5-4-16-21(19,20)11-6-10(8-18)13(14)12(15)7-11/h6-7,9,16,18H,4-5,8H2,1-3H3. The molecular formula is C13H20ClFN2O3S. The Balaban J connectivity index is 2.86. The highest BCUT2D eigenvalue weighted by molar-refractivity contribution is 7.89. The average molecular weight is 339 g/mol. The molecule has 0 aromatic heterocycles. The lowest BCUT2D eigenvalue weighted by molar-refractivity contribution is 0.278. The van der Waals surface area contributed by atoms with Crippen molar-refractivity contribution in [3.8, 4) is 0 Å². The molecule has 0 unspecified atom stereocenters. The molecule has 0 atom stereocenters. The summed E-state index contributed by atoms with van der Waals surface area (Å²) in [5, 5.41) is 8.80. The Hall–Kier alpha value is -0.730. The van der Waals surface area contributed by atoms with E-state index in [4.69, 9.17) is 16.7 Å². The van der Waals surface area contributed by atoms with Gasteiger partial charge in [-0.1, -0.05) is 11.6 Å². The molecule has 21 heavy (non-hydrogen) atoms. The van der Waals surface area contributed by atoms with Crippen LogP contribution >= 0.6 is 11.6 Å². The summed E-state index contributed by atoms with van der Waals surface area (Å²) in [5.41, 5.74) is 0.0383. The highest BCUT2D eigenvalue weighted by Crippen LogP contribution is 2.24. The van der Waals surface area contributed by atoms with Crippen molar-refractivity contribution in [2.24, 2.45) is 0 Å². The molecule has 5 nitrogen and oxygen atoms in total. The molecule has 0 radical (unpaired) electrons. The second kappa shape index (κ2) is 7.51. The smallest absolute Gasteiger partial charge is 0.240 e. The van der Waals surface area contributed by atoms with Crippen LogP contribution in [0.4, 0.5) is 4.39 Å². The first kappa shape index (κ1) is 18.3. The summed E-state index contributed by atoms with van der Waals surface area (Å²) in [7, 11) is -1.96. The van der Waals surface area contributed by atoms with Gasteiger partial charge in [0, 0.05) is 24.7 Å². The minimum atomic E-state index is -3.84. The fraction of sp³-hybridized carbons (Fsp3) is 0.538. The van der Waals surface area contributed by atoms with Crippen LogP contribution in [-0.2, 0) is 16.6 Å². The van der Waals surface area contributed by atoms with Crippen LogP contribution in [0.2, 0.25) is 5.02 Å². The lowest BCUT2D eigenvalue weighted by atomic mass is 10.2. The summed E-state index contributed by atoms with van der Waals surface area (Å²) in [5.74, 6) is -0.872. The predicted molar refractivity (Wildman–Crippen MR) is 80.3 cm³/mol. The van der Waals surface area contributed by atoms with Crippen molar-refractivity contribution in [1.29, 1.82) is 0 Å². The van der Waals surface area contributed by atoms with Gasteiger partial charge in [-0.25, -0.2) is 17.5 Å². The summed E-state index contributed by atoms with van der Waals surface area (Å²) >= 11 is 5.64. The van der Waals surface area contributed by atoms with E-state index in [-0.39, 0.29) is 22.0 Å². The minimum Gasteiger partial charge on any atom is -0.392 e. The van der Waals surface area contributed by atoms with E-state index >= 15 is 0 Å². The number of likely N-dealkylation sites (N-methyl/N-ethyl adjacent to an activating group) is 1. The van der Waals surface area contributed by atoms with Crippen molar-refractivity contribution in [3.05, 3.63) is 28.5 Å². The van der Waals surface area contributed by atoms with Gasteiger partial charge in [0.1, 0.15) is 5.82 Å². The maximum Gasteiger partial charge on any atom is 0.240 e. The number of halogens is 2. The first-order valence-corrected chi connectivity index (χ1v) is 8.34. The number of rotatable bonds is 7. The van der Waals surface area contributed by atoms with Gasteiger partial charge in [0.2, 0.25) is 10.0 Å². The Kier molecular flexibility index (Phi) is 6.55. The van der Waals surface area contributed by atoms with E-state index in [1.165, 1.54) is 6.07 Å². The van der Waals surface area contributed by atoms with Crippen molar-refractivity contribution in [3.63, 3.8) is 0 Å². The van der Waals surface area contributed by atoms with Crippen molar-refractivity contribution < 1.29 is 17.9 Å². The van der Waals surface area contributed by atoms with Crippen molar-refractivity contribution in [2.75, 3.05) is 20.1 Å². The number of aliphatic hydroxyl groups is 1. The minimum absolute atomic E-state index is 0.0383. The number of sulfonamides is 1. The van der Waals surface area contributed by atoms with Crippen LogP contribution in [0.15, 0.2) is 17.0 Å². The van der Waals surface area contributed by atoms with Crippen LogP contribution < -0.4 is 4.72 Å². The fourth-order valence-electron chi connectivity index (χ4n) is 1.59. The third-order valence-corrected chi connectivity index (χ3v) is 5.06. The van der Waals surface area contributed by atoms with Gasteiger partial charge in [-0.2, -0.15) is 0 Å². The van der Waals surface area contributed by atoms with Gasteiger partial charge < -0.3 is 10.0 Å². The zero-order valence-electron chi connectivity index (χ0n) is 12.2. The Morgan fingerprint density at radius 1 is 1.43 bits per heavy atom. The molecule has 0 spiro atoms. The van der Waals surface area contributed by atoms with E-state index in [0.717, 1.165) is 6.07 Å².